The van der Waals surface area contributed by atoms with Crippen molar-refractivity contribution in [2.75, 3.05) is 6.54 Å². The molecular formula is C21H21F3N4O3. The highest BCUT2D eigenvalue weighted by molar-refractivity contribution is 5.89. The van der Waals surface area contributed by atoms with Crippen LogP contribution in [0, 0.1) is 19.8 Å². The number of benzene rings is 1. The molecule has 1 fully saturated rings. The lowest BCUT2D eigenvalue weighted by molar-refractivity contribution is -0.222. The predicted octanol–water partition coefficient (Wildman–Crippen LogP) is 3.73. The zero-order valence-electron chi connectivity index (χ0n) is 16.9. The smallest absolute Gasteiger partial charge is 0.363 e. The Balaban J connectivity index is 1.70. The van der Waals surface area contributed by atoms with Gasteiger partial charge in [0, 0.05) is 23.9 Å². The third-order valence-corrected chi connectivity index (χ3v) is 5.69. The van der Waals surface area contributed by atoms with E-state index in [0.29, 0.717) is 16.9 Å². The van der Waals surface area contributed by atoms with Crippen molar-refractivity contribution < 1.29 is 22.8 Å². The van der Waals surface area contributed by atoms with Gasteiger partial charge in [0.15, 0.2) is 0 Å². The van der Waals surface area contributed by atoms with Crippen molar-refractivity contribution in [3.05, 3.63) is 69.3 Å². The number of H-pyrrole nitrogens is 1. The molecular weight excluding hydrogens is 413 g/mol. The van der Waals surface area contributed by atoms with Crippen LogP contribution in [-0.4, -0.2) is 38.4 Å². The Morgan fingerprint density at radius 3 is 2.61 bits per heavy atom. The van der Waals surface area contributed by atoms with Crippen LogP contribution in [0.25, 0.3) is 5.65 Å². The molecule has 0 amide bonds. The Bertz CT molecular complexity index is 1170. The van der Waals surface area contributed by atoms with Gasteiger partial charge >= 0.3 is 12.1 Å². The molecule has 1 aromatic carbocycles. The number of halogens is 3. The summed E-state index contributed by atoms with van der Waals surface area (Å²) in [5.74, 6) is -2.23. The van der Waals surface area contributed by atoms with Crippen LogP contribution in [0.4, 0.5) is 13.2 Å². The average molecular weight is 434 g/mol. The molecule has 7 nitrogen and oxygen atoms in total. The van der Waals surface area contributed by atoms with Crippen molar-refractivity contribution in [1.82, 2.24) is 19.7 Å². The molecule has 4 rings (SSSR count). The minimum atomic E-state index is -4.38. The Kier molecular flexibility index (Phi) is 5.34. The molecule has 1 saturated heterocycles. The quantitative estimate of drug-likeness (QED) is 0.680. The molecule has 3 aromatic rings. The zero-order valence-corrected chi connectivity index (χ0v) is 16.9. The molecule has 0 bridgehead atoms. The largest absolute Gasteiger partial charge is 0.391 e. The summed E-state index contributed by atoms with van der Waals surface area (Å²) in [6, 6.07) is 8.79. The fraction of sp³-hybridized carbons (Fsp3) is 0.381. The monoisotopic (exact) mass is 434 g/mol. The van der Waals surface area contributed by atoms with Gasteiger partial charge in [-0.3, -0.25) is 4.79 Å². The molecule has 2 unspecified atom stereocenters. The third kappa shape index (κ3) is 4.07. The number of aromatic amines is 1. The van der Waals surface area contributed by atoms with Crippen molar-refractivity contribution in [1.29, 1.82) is 0 Å². The lowest BCUT2D eigenvalue weighted by Gasteiger charge is -2.37. The maximum absolute atomic E-state index is 13.5. The van der Waals surface area contributed by atoms with Gasteiger partial charge in [-0.05, 0) is 38.8 Å². The number of alkyl halides is 3. The second kappa shape index (κ2) is 7.84. The Labute approximate surface area is 175 Å². The molecule has 1 N–H and O–H groups in total. The van der Waals surface area contributed by atoms with Gasteiger partial charge in [0.1, 0.15) is 5.65 Å². The number of hydroxylamine groups is 2. The van der Waals surface area contributed by atoms with Crippen LogP contribution in [0.3, 0.4) is 0 Å². The Hall–Kier alpha value is -3.14. The van der Waals surface area contributed by atoms with Crippen LogP contribution in [0.1, 0.15) is 46.2 Å². The normalized spacial score (nSPS) is 20.2. The summed E-state index contributed by atoms with van der Waals surface area (Å²) >= 11 is 0. The molecule has 164 valence electrons. The predicted molar refractivity (Wildman–Crippen MR) is 105 cm³/mol. The number of aryl methyl sites for hydroxylation is 1. The highest BCUT2D eigenvalue weighted by Crippen LogP contribution is 2.42. The molecule has 0 aliphatic carbocycles. The van der Waals surface area contributed by atoms with Crippen LogP contribution < -0.4 is 5.56 Å². The highest BCUT2D eigenvalue weighted by Gasteiger charge is 2.46. The topological polar surface area (TPSA) is 79.7 Å². The number of hydrogen-bond acceptors (Lipinski definition) is 5. The van der Waals surface area contributed by atoms with Gasteiger partial charge < -0.3 is 9.82 Å². The summed E-state index contributed by atoms with van der Waals surface area (Å²) in [5.41, 5.74) is 1.64. The SMILES string of the molecule is Cc1[nH]c2cc(C3CC(C(F)(F)F)CCN3OC(=O)c3ccccc3)nn2c(=O)c1C. The number of carbonyl (C=O) groups is 1. The van der Waals surface area contributed by atoms with E-state index in [-0.39, 0.29) is 36.2 Å². The second-order valence-corrected chi connectivity index (χ2v) is 7.71. The molecule has 0 radical (unpaired) electrons. The maximum Gasteiger partial charge on any atom is 0.391 e. The van der Waals surface area contributed by atoms with Crippen LogP contribution in [0.2, 0.25) is 0 Å². The van der Waals surface area contributed by atoms with Crippen molar-refractivity contribution in [2.45, 2.75) is 38.9 Å². The van der Waals surface area contributed by atoms with Crippen LogP contribution in [0.15, 0.2) is 41.2 Å². The summed E-state index contributed by atoms with van der Waals surface area (Å²) in [4.78, 5) is 33.5. The summed E-state index contributed by atoms with van der Waals surface area (Å²) < 4.78 is 41.5. The first kappa shape index (κ1) is 21.1. The van der Waals surface area contributed by atoms with Gasteiger partial charge in [-0.1, -0.05) is 18.2 Å². The molecule has 2 atom stereocenters. The standard InChI is InChI=1S/C21H21F3N4O3/c1-12-13(2)25-18-11-16(26-28(18)19(12)29)17-10-15(21(22,23)24)8-9-27(17)31-20(30)14-6-4-3-5-7-14/h3-7,11,15,17,25H,8-10H2,1-2H3. The number of aromatic nitrogens is 3. The van der Waals surface area contributed by atoms with E-state index >= 15 is 0 Å². The van der Waals surface area contributed by atoms with E-state index in [1.54, 1.807) is 44.2 Å². The van der Waals surface area contributed by atoms with E-state index in [9.17, 15) is 22.8 Å². The molecule has 3 heterocycles. The number of piperidine rings is 1. The first-order valence-corrected chi connectivity index (χ1v) is 9.85. The van der Waals surface area contributed by atoms with Crippen LogP contribution in [-0.2, 0) is 4.84 Å². The first-order valence-electron chi connectivity index (χ1n) is 9.85. The fourth-order valence-corrected chi connectivity index (χ4v) is 3.76. The van der Waals surface area contributed by atoms with Crippen LogP contribution in [0.5, 0.6) is 0 Å². The minimum Gasteiger partial charge on any atom is -0.363 e. The second-order valence-electron chi connectivity index (χ2n) is 7.71. The highest BCUT2D eigenvalue weighted by atomic mass is 19.4. The van der Waals surface area contributed by atoms with Crippen molar-refractivity contribution in [3.8, 4) is 0 Å². The number of hydrogen-bond donors (Lipinski definition) is 1. The molecule has 0 spiro atoms. The Morgan fingerprint density at radius 2 is 1.94 bits per heavy atom. The average Bonchev–Trinajstić information content (AvgIpc) is 3.16. The molecule has 1 aliphatic heterocycles. The lowest BCUT2D eigenvalue weighted by Crippen LogP contribution is -2.42. The van der Waals surface area contributed by atoms with E-state index < -0.39 is 24.1 Å². The summed E-state index contributed by atoms with van der Waals surface area (Å²) in [6.07, 6.45) is -4.91. The number of carbonyl (C=O) groups excluding carboxylic acids is 1. The molecule has 31 heavy (non-hydrogen) atoms. The van der Waals surface area contributed by atoms with Gasteiger partial charge in [0.2, 0.25) is 0 Å². The zero-order chi connectivity index (χ0) is 22.3. The van der Waals surface area contributed by atoms with Crippen molar-refractivity contribution in [2.24, 2.45) is 5.92 Å². The van der Waals surface area contributed by atoms with Gasteiger partial charge in [0.05, 0.1) is 23.2 Å². The van der Waals surface area contributed by atoms with Crippen molar-refractivity contribution in [3.63, 3.8) is 0 Å². The number of fused-ring (bicyclic) bond motifs is 1. The van der Waals surface area contributed by atoms with E-state index in [4.69, 9.17) is 4.84 Å². The third-order valence-electron chi connectivity index (χ3n) is 5.69. The molecule has 0 saturated carbocycles. The van der Waals surface area contributed by atoms with Gasteiger partial charge in [-0.15, -0.1) is 5.06 Å². The van der Waals surface area contributed by atoms with Crippen LogP contribution >= 0.6 is 0 Å². The van der Waals surface area contributed by atoms with E-state index in [1.807, 2.05) is 0 Å². The summed E-state index contributed by atoms with van der Waals surface area (Å²) in [5, 5.41) is 5.50. The molecule has 2 aromatic heterocycles. The van der Waals surface area contributed by atoms with Gasteiger partial charge in [-0.25, -0.2) is 4.79 Å². The van der Waals surface area contributed by atoms with Crippen molar-refractivity contribution >= 4 is 11.6 Å². The first-order chi connectivity index (χ1) is 14.6. The maximum atomic E-state index is 13.5. The van der Waals surface area contributed by atoms with E-state index in [1.165, 1.54) is 11.1 Å². The van der Waals surface area contributed by atoms with Gasteiger partial charge in [0.25, 0.3) is 5.56 Å². The number of nitrogens with zero attached hydrogens (tertiary/aromatic N) is 3. The lowest BCUT2D eigenvalue weighted by atomic mass is 9.90. The van der Waals surface area contributed by atoms with E-state index in [2.05, 4.69) is 10.1 Å². The minimum absolute atomic E-state index is 0.104. The number of nitrogens with one attached hydrogen (secondary N) is 1. The van der Waals surface area contributed by atoms with E-state index in [0.717, 1.165) is 4.52 Å². The van der Waals surface area contributed by atoms with Gasteiger partial charge in [-0.2, -0.15) is 22.8 Å². The molecule has 10 heteroatoms. The summed E-state index contributed by atoms with van der Waals surface area (Å²) in [7, 11) is 0. The number of rotatable bonds is 3. The summed E-state index contributed by atoms with van der Waals surface area (Å²) in [6.45, 7) is 3.27. The fourth-order valence-electron chi connectivity index (χ4n) is 3.76. The molecule has 1 aliphatic rings. The Morgan fingerprint density at radius 1 is 1.23 bits per heavy atom.